The van der Waals surface area contributed by atoms with Crippen molar-refractivity contribution in [2.75, 3.05) is 55.1 Å². The van der Waals surface area contributed by atoms with Gasteiger partial charge in [0.15, 0.2) is 5.82 Å². The highest BCUT2D eigenvalue weighted by Crippen LogP contribution is 2.40. The molecule has 1 N–H and O–H groups in total. The summed E-state index contributed by atoms with van der Waals surface area (Å²) in [7, 11) is 0. The maximum absolute atomic E-state index is 13.8. The molecule has 1 amide bonds. The number of aromatic nitrogens is 2. The van der Waals surface area contributed by atoms with Crippen molar-refractivity contribution in [3.05, 3.63) is 41.6 Å². The molecule has 2 aliphatic heterocycles. The number of hydrogen-bond donors (Lipinski definition) is 1. The molecule has 186 valence electrons. The molecule has 0 radical (unpaired) electrons. The van der Waals surface area contributed by atoms with Gasteiger partial charge in [0, 0.05) is 64.3 Å². The topological polar surface area (TPSA) is 56.6 Å². The molecule has 34 heavy (non-hydrogen) atoms. The minimum Gasteiger partial charge on any atom is -0.371 e. The summed E-state index contributed by atoms with van der Waals surface area (Å²) >= 11 is 1.38. The number of anilines is 2. The molecule has 0 spiro atoms. The maximum Gasteiger partial charge on any atom is 0.418 e. The van der Waals surface area contributed by atoms with E-state index < -0.39 is 17.9 Å². The lowest BCUT2D eigenvalue weighted by atomic mass is 10.0. The fraction of sp³-hybridized carbons (Fsp3) is 0.545. The number of nitrogens with zero attached hydrogens (tertiary/aromatic N) is 5. The summed E-state index contributed by atoms with van der Waals surface area (Å²) in [5.41, 5.74) is 0.0574. The van der Waals surface area contributed by atoms with Crippen molar-refractivity contribution >= 4 is 29.5 Å². The Labute approximate surface area is 200 Å². The van der Waals surface area contributed by atoms with Crippen LogP contribution in [0.5, 0.6) is 0 Å². The first kappa shape index (κ1) is 24.6. The van der Waals surface area contributed by atoms with Gasteiger partial charge >= 0.3 is 12.2 Å². The highest BCUT2D eigenvalue weighted by molar-refractivity contribution is 7.99. The van der Waals surface area contributed by atoms with Crippen LogP contribution in [0, 0.1) is 0 Å². The molecule has 12 heteroatoms. The first-order valence-corrected chi connectivity index (χ1v) is 12.4. The van der Waals surface area contributed by atoms with E-state index in [1.807, 2.05) is 6.26 Å². The predicted molar refractivity (Wildman–Crippen MR) is 125 cm³/mol. The van der Waals surface area contributed by atoms with Crippen LogP contribution in [0.3, 0.4) is 0 Å². The van der Waals surface area contributed by atoms with Gasteiger partial charge in [0.05, 0.1) is 11.3 Å². The number of piperidine rings is 1. The van der Waals surface area contributed by atoms with Gasteiger partial charge in [-0.3, -0.25) is 4.90 Å². The molecular formula is C22H28F4N6OS. The van der Waals surface area contributed by atoms with Crippen molar-refractivity contribution in [3.63, 3.8) is 0 Å². The lowest BCUT2D eigenvalue weighted by molar-refractivity contribution is -0.137. The summed E-state index contributed by atoms with van der Waals surface area (Å²) in [4.78, 5) is 18.1. The predicted octanol–water partition coefficient (Wildman–Crippen LogP) is 4.32. The summed E-state index contributed by atoms with van der Waals surface area (Å²) in [6.07, 6.45) is -1.54. The monoisotopic (exact) mass is 500 g/mol. The summed E-state index contributed by atoms with van der Waals surface area (Å²) in [6.45, 7) is 2.83. The van der Waals surface area contributed by atoms with E-state index in [-0.39, 0.29) is 37.6 Å². The van der Waals surface area contributed by atoms with E-state index >= 15 is 0 Å². The molecule has 3 heterocycles. The molecular weight excluding hydrogens is 472 g/mol. The average molecular weight is 501 g/mol. The Balaban J connectivity index is 1.44. The molecule has 0 atom stereocenters. The summed E-state index contributed by atoms with van der Waals surface area (Å²) in [5, 5.41) is 4.20. The lowest BCUT2D eigenvalue weighted by Gasteiger charge is -2.37. The molecule has 0 unspecified atom stereocenters. The zero-order chi connectivity index (χ0) is 24.3. The van der Waals surface area contributed by atoms with E-state index in [0.717, 1.165) is 6.07 Å². The van der Waals surface area contributed by atoms with Crippen LogP contribution in [-0.2, 0) is 12.7 Å². The van der Waals surface area contributed by atoms with Gasteiger partial charge in [-0.2, -0.15) is 17.9 Å². The van der Waals surface area contributed by atoms with E-state index in [1.165, 1.54) is 22.7 Å². The van der Waals surface area contributed by atoms with Crippen LogP contribution in [0.2, 0.25) is 0 Å². The van der Waals surface area contributed by atoms with Gasteiger partial charge in [-0.05, 0) is 24.5 Å². The van der Waals surface area contributed by atoms with E-state index in [9.17, 15) is 22.4 Å². The van der Waals surface area contributed by atoms with E-state index in [4.69, 9.17) is 0 Å². The molecule has 2 aliphatic rings. The SMILES string of the molecule is CSNc1ccn(C(=O)N2CCN(Cc3cccc(C(F)(F)F)c3N3CCC(F)CC3)CC2)n1. The molecule has 0 saturated carbocycles. The van der Waals surface area contributed by atoms with Gasteiger partial charge < -0.3 is 14.5 Å². The van der Waals surface area contributed by atoms with Gasteiger partial charge in [-0.25, -0.2) is 9.18 Å². The molecule has 1 aromatic carbocycles. The number of benzene rings is 1. The minimum atomic E-state index is -4.49. The number of amides is 1. The molecule has 2 fully saturated rings. The van der Waals surface area contributed by atoms with Crippen molar-refractivity contribution < 1.29 is 22.4 Å². The van der Waals surface area contributed by atoms with Crippen LogP contribution in [0.1, 0.15) is 24.0 Å². The first-order chi connectivity index (χ1) is 16.3. The van der Waals surface area contributed by atoms with Gasteiger partial charge in [-0.15, -0.1) is 5.10 Å². The highest BCUT2D eigenvalue weighted by atomic mass is 32.2. The third kappa shape index (κ3) is 5.60. The highest BCUT2D eigenvalue weighted by Gasteiger charge is 2.37. The van der Waals surface area contributed by atoms with Crippen molar-refractivity contribution in [3.8, 4) is 0 Å². The Morgan fingerprint density at radius 2 is 1.82 bits per heavy atom. The van der Waals surface area contributed by atoms with Crippen molar-refractivity contribution in [1.82, 2.24) is 19.6 Å². The van der Waals surface area contributed by atoms with Crippen LogP contribution in [0.15, 0.2) is 30.5 Å². The number of para-hydroxylation sites is 1. The summed E-state index contributed by atoms with van der Waals surface area (Å²) in [5.74, 6) is 0.591. The standard InChI is InChI=1S/C22H28F4N6OS/c1-34-28-19-7-10-32(27-19)21(33)31-13-11-29(12-14-31)15-16-3-2-4-18(22(24,25)26)20(16)30-8-5-17(23)6-9-30/h2-4,7,10,17H,5-6,8-9,11-15H2,1H3,(H,27,28). The number of rotatable bonds is 5. The van der Waals surface area contributed by atoms with Crippen LogP contribution < -0.4 is 9.62 Å². The minimum absolute atomic E-state index is 0.158. The number of piperazine rings is 1. The Bertz CT molecular complexity index is 984. The second-order valence-electron chi connectivity index (χ2n) is 8.47. The zero-order valence-corrected chi connectivity index (χ0v) is 19.7. The first-order valence-electron chi connectivity index (χ1n) is 11.2. The Morgan fingerprint density at radius 1 is 1.12 bits per heavy atom. The number of halogens is 4. The maximum atomic E-state index is 13.8. The van der Waals surface area contributed by atoms with Crippen LogP contribution in [-0.4, -0.2) is 77.3 Å². The van der Waals surface area contributed by atoms with Gasteiger partial charge in [-0.1, -0.05) is 24.1 Å². The van der Waals surface area contributed by atoms with Gasteiger partial charge in [0.1, 0.15) is 6.17 Å². The van der Waals surface area contributed by atoms with Gasteiger partial charge in [0.25, 0.3) is 0 Å². The largest absolute Gasteiger partial charge is 0.418 e. The van der Waals surface area contributed by atoms with Crippen LogP contribution >= 0.6 is 11.9 Å². The van der Waals surface area contributed by atoms with E-state index in [1.54, 1.807) is 28.1 Å². The molecule has 0 aliphatic carbocycles. The third-order valence-corrected chi connectivity index (χ3v) is 6.61. The number of carbonyl (C=O) groups excluding carboxylic acids is 1. The fourth-order valence-corrected chi connectivity index (χ4v) is 4.78. The normalized spacial score (nSPS) is 18.4. The van der Waals surface area contributed by atoms with E-state index in [2.05, 4.69) is 14.7 Å². The quantitative estimate of drug-likeness (QED) is 0.488. The molecule has 0 bridgehead atoms. The van der Waals surface area contributed by atoms with Crippen molar-refractivity contribution in [1.29, 1.82) is 0 Å². The smallest absolute Gasteiger partial charge is 0.371 e. The van der Waals surface area contributed by atoms with Gasteiger partial charge in [0.2, 0.25) is 0 Å². The number of nitrogens with one attached hydrogen (secondary N) is 1. The van der Waals surface area contributed by atoms with Crippen LogP contribution in [0.25, 0.3) is 0 Å². The van der Waals surface area contributed by atoms with Crippen molar-refractivity contribution in [2.24, 2.45) is 0 Å². The Morgan fingerprint density at radius 3 is 2.47 bits per heavy atom. The number of carbonyl (C=O) groups is 1. The Hall–Kier alpha value is -2.47. The third-order valence-electron chi connectivity index (χ3n) is 6.19. The zero-order valence-electron chi connectivity index (χ0n) is 18.9. The van der Waals surface area contributed by atoms with Crippen molar-refractivity contribution in [2.45, 2.75) is 31.7 Å². The second kappa shape index (κ2) is 10.4. The summed E-state index contributed by atoms with van der Waals surface area (Å²) < 4.78 is 59.4. The number of alkyl halides is 4. The van der Waals surface area contributed by atoms with E-state index in [0.29, 0.717) is 44.1 Å². The summed E-state index contributed by atoms with van der Waals surface area (Å²) in [6, 6.07) is 5.73. The average Bonchev–Trinajstić information content (AvgIpc) is 3.28. The second-order valence-corrected chi connectivity index (χ2v) is 9.08. The molecule has 7 nitrogen and oxygen atoms in total. The Kier molecular flexibility index (Phi) is 7.56. The molecule has 1 aromatic heterocycles. The molecule has 2 saturated heterocycles. The molecule has 4 rings (SSSR count). The number of hydrogen-bond acceptors (Lipinski definition) is 6. The lowest BCUT2D eigenvalue weighted by Crippen LogP contribution is -2.49. The molecule has 2 aromatic rings. The fourth-order valence-electron chi connectivity index (χ4n) is 4.47. The van der Waals surface area contributed by atoms with Crippen LogP contribution in [0.4, 0.5) is 33.9 Å².